The summed E-state index contributed by atoms with van der Waals surface area (Å²) in [7, 11) is 3.31. The van der Waals surface area contributed by atoms with Gasteiger partial charge < -0.3 is 14.6 Å². The molecule has 0 saturated heterocycles. The van der Waals surface area contributed by atoms with E-state index in [9.17, 15) is 5.11 Å². The van der Waals surface area contributed by atoms with Crippen LogP contribution in [0.3, 0.4) is 0 Å². The van der Waals surface area contributed by atoms with Gasteiger partial charge in [0.05, 0.1) is 25.3 Å². The van der Waals surface area contributed by atoms with Gasteiger partial charge in [-0.1, -0.05) is 48.5 Å². The average molecular weight is 423 g/mol. The van der Waals surface area contributed by atoms with Crippen LogP contribution < -0.4 is 9.47 Å². The van der Waals surface area contributed by atoms with E-state index in [1.54, 1.807) is 14.2 Å². The van der Waals surface area contributed by atoms with Crippen molar-refractivity contribution in [3.8, 4) is 22.6 Å². The normalized spacial score (nSPS) is 11.1. The third-order valence-corrected chi connectivity index (χ3v) is 5.45. The van der Waals surface area contributed by atoms with Crippen molar-refractivity contribution in [2.45, 2.75) is 6.61 Å². The summed E-state index contributed by atoms with van der Waals surface area (Å²) in [6.07, 6.45) is 0. The fourth-order valence-electron chi connectivity index (χ4n) is 3.73. The lowest BCUT2D eigenvalue weighted by atomic mass is 9.90. The van der Waals surface area contributed by atoms with Crippen LogP contribution in [0.4, 0.5) is 0 Å². The first kappa shape index (κ1) is 17.8. The van der Waals surface area contributed by atoms with Gasteiger partial charge in [0.25, 0.3) is 0 Å². The summed E-state index contributed by atoms with van der Waals surface area (Å²) in [6, 6.07) is 20.4. The SMILES string of the molecule is COc1c(Br)cc2ccccc2c1-c1c(OC)c(CO)cc2ccccc12. The summed E-state index contributed by atoms with van der Waals surface area (Å²) in [6.45, 7) is -0.102. The number of ether oxygens (including phenoxy) is 2. The number of fused-ring (bicyclic) bond motifs is 2. The molecule has 0 aliphatic heterocycles. The molecule has 1 N–H and O–H groups in total. The van der Waals surface area contributed by atoms with Crippen LogP contribution in [-0.4, -0.2) is 19.3 Å². The zero-order valence-electron chi connectivity index (χ0n) is 15.1. The van der Waals surface area contributed by atoms with Crippen molar-refractivity contribution in [1.82, 2.24) is 0 Å². The number of benzene rings is 4. The first-order valence-corrected chi connectivity index (χ1v) is 9.44. The second-order valence-corrected chi connectivity index (χ2v) is 7.17. The Labute approximate surface area is 166 Å². The Morgan fingerprint density at radius 3 is 1.85 bits per heavy atom. The summed E-state index contributed by atoms with van der Waals surface area (Å²) in [5, 5.41) is 14.2. The third-order valence-electron chi connectivity index (χ3n) is 4.86. The lowest BCUT2D eigenvalue weighted by molar-refractivity contribution is 0.274. The van der Waals surface area contributed by atoms with Gasteiger partial charge >= 0.3 is 0 Å². The molecule has 0 amide bonds. The monoisotopic (exact) mass is 422 g/mol. The zero-order chi connectivity index (χ0) is 19.0. The largest absolute Gasteiger partial charge is 0.496 e. The molecule has 0 saturated carbocycles. The highest BCUT2D eigenvalue weighted by Crippen LogP contribution is 2.49. The number of aliphatic hydroxyl groups excluding tert-OH is 1. The van der Waals surface area contributed by atoms with Gasteiger partial charge in [-0.05, 0) is 49.6 Å². The van der Waals surface area contributed by atoms with E-state index in [1.165, 1.54) is 0 Å². The van der Waals surface area contributed by atoms with Gasteiger partial charge in [-0.3, -0.25) is 0 Å². The first-order chi connectivity index (χ1) is 13.2. The maximum Gasteiger partial charge on any atom is 0.141 e. The van der Waals surface area contributed by atoms with Gasteiger partial charge in [0.2, 0.25) is 0 Å². The highest BCUT2D eigenvalue weighted by molar-refractivity contribution is 9.10. The predicted molar refractivity (Wildman–Crippen MR) is 114 cm³/mol. The van der Waals surface area contributed by atoms with Crippen LogP contribution in [0.1, 0.15) is 5.56 Å². The van der Waals surface area contributed by atoms with Crippen LogP contribution in [0.15, 0.2) is 65.1 Å². The summed E-state index contributed by atoms with van der Waals surface area (Å²) in [4.78, 5) is 0. The fraction of sp³-hybridized carbons (Fsp3) is 0.130. The Balaban J connectivity index is 2.27. The molecular weight excluding hydrogens is 404 g/mol. The van der Waals surface area contributed by atoms with Gasteiger partial charge in [0.1, 0.15) is 11.5 Å². The highest BCUT2D eigenvalue weighted by atomic mass is 79.9. The minimum absolute atomic E-state index is 0.102. The molecule has 4 aromatic rings. The van der Waals surface area contributed by atoms with Crippen LogP contribution in [0, 0.1) is 0 Å². The molecule has 4 aromatic carbocycles. The Kier molecular flexibility index (Phi) is 4.77. The maximum absolute atomic E-state index is 9.95. The number of hydrogen-bond donors (Lipinski definition) is 1. The quantitative estimate of drug-likeness (QED) is 0.442. The van der Waals surface area contributed by atoms with Crippen molar-refractivity contribution < 1.29 is 14.6 Å². The van der Waals surface area contributed by atoms with E-state index in [-0.39, 0.29) is 6.61 Å². The van der Waals surface area contributed by atoms with Crippen molar-refractivity contribution in [1.29, 1.82) is 0 Å². The van der Waals surface area contributed by atoms with E-state index in [2.05, 4.69) is 40.2 Å². The van der Waals surface area contributed by atoms with E-state index in [1.807, 2.05) is 36.4 Å². The highest BCUT2D eigenvalue weighted by Gasteiger charge is 2.22. The Morgan fingerprint density at radius 2 is 1.30 bits per heavy atom. The van der Waals surface area contributed by atoms with Crippen molar-refractivity contribution in [2.24, 2.45) is 0 Å². The van der Waals surface area contributed by atoms with Gasteiger partial charge in [-0.15, -0.1) is 0 Å². The molecule has 0 atom stereocenters. The van der Waals surface area contributed by atoms with Gasteiger partial charge in [0.15, 0.2) is 0 Å². The molecule has 0 aromatic heterocycles. The zero-order valence-corrected chi connectivity index (χ0v) is 16.7. The molecule has 0 heterocycles. The number of methoxy groups -OCH3 is 2. The van der Waals surface area contributed by atoms with Crippen molar-refractivity contribution in [3.63, 3.8) is 0 Å². The number of halogens is 1. The second-order valence-electron chi connectivity index (χ2n) is 6.31. The summed E-state index contributed by atoms with van der Waals surface area (Å²) in [5.41, 5.74) is 2.62. The van der Waals surface area contributed by atoms with E-state index < -0.39 is 0 Å². The molecule has 0 bridgehead atoms. The number of hydrogen-bond acceptors (Lipinski definition) is 3. The van der Waals surface area contributed by atoms with Gasteiger partial charge in [-0.25, -0.2) is 0 Å². The Bertz CT molecular complexity index is 1150. The van der Waals surface area contributed by atoms with Crippen LogP contribution in [-0.2, 0) is 6.61 Å². The lowest BCUT2D eigenvalue weighted by Gasteiger charge is -2.20. The Hall–Kier alpha value is -2.56. The van der Waals surface area contributed by atoms with Crippen LogP contribution in [0.2, 0.25) is 0 Å². The van der Waals surface area contributed by atoms with Gasteiger partial charge in [-0.2, -0.15) is 0 Å². The van der Waals surface area contributed by atoms with Crippen LogP contribution in [0.5, 0.6) is 11.5 Å². The molecule has 0 unspecified atom stereocenters. The molecule has 0 aliphatic carbocycles. The summed E-state index contributed by atoms with van der Waals surface area (Å²) in [5.74, 6) is 1.41. The summed E-state index contributed by atoms with van der Waals surface area (Å²) >= 11 is 3.66. The molecule has 0 radical (unpaired) electrons. The van der Waals surface area contributed by atoms with Gasteiger partial charge in [0, 0.05) is 16.7 Å². The Morgan fingerprint density at radius 1 is 0.778 bits per heavy atom. The van der Waals surface area contributed by atoms with Crippen LogP contribution in [0.25, 0.3) is 32.7 Å². The molecule has 0 fully saturated rings. The predicted octanol–water partition coefficient (Wildman–Crippen LogP) is 5.93. The van der Waals surface area contributed by atoms with Crippen molar-refractivity contribution >= 4 is 37.5 Å². The molecule has 4 rings (SSSR count). The molecule has 136 valence electrons. The van der Waals surface area contributed by atoms with E-state index in [0.717, 1.165) is 48.5 Å². The summed E-state index contributed by atoms with van der Waals surface area (Å²) < 4.78 is 12.5. The molecule has 0 aliphatic rings. The second kappa shape index (κ2) is 7.22. The number of rotatable bonds is 4. The standard InChI is InChI=1S/C23H19BrO3/c1-26-22-16(13-25)11-14-7-3-5-9-17(14)20(22)21-18-10-6-4-8-15(18)12-19(24)23(21)27-2/h3-12,25H,13H2,1-2H3. The molecule has 27 heavy (non-hydrogen) atoms. The topological polar surface area (TPSA) is 38.7 Å². The first-order valence-electron chi connectivity index (χ1n) is 8.64. The molecule has 3 nitrogen and oxygen atoms in total. The average Bonchev–Trinajstić information content (AvgIpc) is 2.71. The minimum Gasteiger partial charge on any atom is -0.496 e. The smallest absolute Gasteiger partial charge is 0.141 e. The fourth-order valence-corrected chi connectivity index (χ4v) is 4.33. The number of aliphatic hydroxyl groups is 1. The maximum atomic E-state index is 9.95. The lowest BCUT2D eigenvalue weighted by Crippen LogP contribution is -1.99. The minimum atomic E-state index is -0.102. The molecule has 0 spiro atoms. The van der Waals surface area contributed by atoms with Crippen molar-refractivity contribution in [2.75, 3.05) is 14.2 Å². The van der Waals surface area contributed by atoms with E-state index in [4.69, 9.17) is 9.47 Å². The molecular formula is C23H19BrO3. The van der Waals surface area contributed by atoms with E-state index in [0.29, 0.717) is 5.75 Å². The van der Waals surface area contributed by atoms with Crippen LogP contribution >= 0.6 is 15.9 Å². The van der Waals surface area contributed by atoms with Crippen molar-refractivity contribution in [3.05, 3.63) is 70.7 Å². The molecule has 4 heteroatoms. The van der Waals surface area contributed by atoms with E-state index >= 15 is 0 Å². The third kappa shape index (κ3) is 2.85.